The Bertz CT molecular complexity index is 134. The average molecular weight is 140 g/mol. The average Bonchev–Trinajstić information content (AvgIpc) is 2.15. The van der Waals surface area contributed by atoms with Crippen molar-refractivity contribution in [3.8, 4) is 0 Å². The highest BCUT2D eigenvalue weighted by molar-refractivity contribution is 5.00. The molecule has 1 aliphatic heterocycles. The van der Waals surface area contributed by atoms with Crippen LogP contribution in [0.15, 0.2) is 11.6 Å². The Balaban J connectivity index is 2.48. The van der Waals surface area contributed by atoms with Crippen LogP contribution in [0.3, 0.4) is 0 Å². The molecule has 0 bridgehead atoms. The number of hydrogen-bond acceptors (Lipinski definition) is 1. The van der Waals surface area contributed by atoms with Crippen LogP contribution >= 0.6 is 0 Å². The maximum absolute atomic E-state index is 5.33. The van der Waals surface area contributed by atoms with Gasteiger partial charge in [-0.3, -0.25) is 0 Å². The summed E-state index contributed by atoms with van der Waals surface area (Å²) in [6.45, 7) is 8.40. The molecule has 0 N–H and O–H groups in total. The molecule has 0 unspecified atom stereocenters. The molecule has 0 spiro atoms. The van der Waals surface area contributed by atoms with Gasteiger partial charge in [-0.1, -0.05) is 18.6 Å². The van der Waals surface area contributed by atoms with E-state index in [1.807, 2.05) is 0 Å². The van der Waals surface area contributed by atoms with Crippen LogP contribution < -0.4 is 0 Å². The van der Waals surface area contributed by atoms with E-state index in [1.165, 1.54) is 5.57 Å². The molecule has 1 fully saturated rings. The van der Waals surface area contributed by atoms with Gasteiger partial charge in [-0.25, -0.2) is 0 Å². The fraction of sp³-hybridized carbons (Fsp3) is 0.778. The highest BCUT2D eigenvalue weighted by Gasteiger charge is 2.21. The van der Waals surface area contributed by atoms with Gasteiger partial charge in [-0.15, -0.1) is 0 Å². The Morgan fingerprint density at radius 1 is 1.40 bits per heavy atom. The standard InChI is InChI=1S/C9H16O/c1-7(2)4-9-6-10-5-8(9)3/h4,8-9H,5-6H2,1-3H3/t8-,9-/m0/s1. The summed E-state index contributed by atoms with van der Waals surface area (Å²) in [4.78, 5) is 0. The first-order valence-corrected chi connectivity index (χ1v) is 3.93. The van der Waals surface area contributed by atoms with Crippen molar-refractivity contribution < 1.29 is 4.74 Å². The third-order valence-corrected chi connectivity index (χ3v) is 1.97. The van der Waals surface area contributed by atoms with Crippen LogP contribution in [-0.4, -0.2) is 13.2 Å². The summed E-state index contributed by atoms with van der Waals surface area (Å²) >= 11 is 0. The molecule has 1 rings (SSSR count). The van der Waals surface area contributed by atoms with Crippen LogP contribution in [0.1, 0.15) is 20.8 Å². The van der Waals surface area contributed by atoms with Gasteiger partial charge in [-0.05, 0) is 19.8 Å². The van der Waals surface area contributed by atoms with Crippen molar-refractivity contribution in [2.45, 2.75) is 20.8 Å². The largest absolute Gasteiger partial charge is 0.381 e. The minimum absolute atomic E-state index is 0.671. The fourth-order valence-electron chi connectivity index (χ4n) is 1.32. The molecule has 2 atom stereocenters. The molecule has 0 aromatic heterocycles. The van der Waals surface area contributed by atoms with Gasteiger partial charge >= 0.3 is 0 Å². The van der Waals surface area contributed by atoms with E-state index in [-0.39, 0.29) is 0 Å². The summed E-state index contributed by atoms with van der Waals surface area (Å²) in [6, 6.07) is 0. The smallest absolute Gasteiger partial charge is 0.0532 e. The molecular formula is C9H16O. The van der Waals surface area contributed by atoms with Crippen LogP contribution in [0.4, 0.5) is 0 Å². The maximum atomic E-state index is 5.33. The third-order valence-electron chi connectivity index (χ3n) is 1.97. The first-order chi connectivity index (χ1) is 4.70. The number of ether oxygens (including phenoxy) is 1. The quantitative estimate of drug-likeness (QED) is 0.507. The minimum atomic E-state index is 0.671. The molecule has 0 radical (unpaired) electrons. The Labute approximate surface area is 63.1 Å². The van der Waals surface area contributed by atoms with E-state index in [4.69, 9.17) is 4.74 Å². The van der Waals surface area contributed by atoms with E-state index >= 15 is 0 Å². The molecule has 10 heavy (non-hydrogen) atoms. The van der Waals surface area contributed by atoms with Crippen molar-refractivity contribution in [3.63, 3.8) is 0 Å². The Morgan fingerprint density at radius 2 is 2.10 bits per heavy atom. The van der Waals surface area contributed by atoms with Gasteiger partial charge in [0.25, 0.3) is 0 Å². The monoisotopic (exact) mass is 140 g/mol. The number of rotatable bonds is 1. The predicted molar refractivity (Wildman–Crippen MR) is 42.9 cm³/mol. The first-order valence-electron chi connectivity index (χ1n) is 3.93. The van der Waals surface area contributed by atoms with Gasteiger partial charge in [0, 0.05) is 12.5 Å². The van der Waals surface area contributed by atoms with Crippen LogP contribution in [-0.2, 0) is 4.74 Å². The molecule has 1 nitrogen and oxygen atoms in total. The maximum Gasteiger partial charge on any atom is 0.0532 e. The lowest BCUT2D eigenvalue weighted by Crippen LogP contribution is -2.05. The van der Waals surface area contributed by atoms with Crippen LogP contribution in [0.5, 0.6) is 0 Å². The molecule has 1 aliphatic rings. The van der Waals surface area contributed by atoms with E-state index in [9.17, 15) is 0 Å². The summed E-state index contributed by atoms with van der Waals surface area (Å²) < 4.78 is 5.33. The molecule has 0 amide bonds. The van der Waals surface area contributed by atoms with Crippen LogP contribution in [0.2, 0.25) is 0 Å². The van der Waals surface area contributed by atoms with Gasteiger partial charge in [0.15, 0.2) is 0 Å². The van der Waals surface area contributed by atoms with Gasteiger partial charge in [0.1, 0.15) is 0 Å². The molecular weight excluding hydrogens is 124 g/mol. The van der Waals surface area contributed by atoms with Crippen molar-refractivity contribution >= 4 is 0 Å². The second kappa shape index (κ2) is 3.20. The van der Waals surface area contributed by atoms with E-state index in [0.29, 0.717) is 5.92 Å². The summed E-state index contributed by atoms with van der Waals surface area (Å²) in [6.07, 6.45) is 2.32. The predicted octanol–water partition coefficient (Wildman–Crippen LogP) is 2.24. The van der Waals surface area contributed by atoms with Gasteiger partial charge in [-0.2, -0.15) is 0 Å². The van der Waals surface area contributed by atoms with Crippen molar-refractivity contribution in [3.05, 3.63) is 11.6 Å². The van der Waals surface area contributed by atoms with E-state index in [1.54, 1.807) is 0 Å². The molecule has 58 valence electrons. The van der Waals surface area contributed by atoms with E-state index < -0.39 is 0 Å². The SMILES string of the molecule is CC(C)=C[C@H]1COC[C@@H]1C. The van der Waals surface area contributed by atoms with Gasteiger partial charge < -0.3 is 4.74 Å². The lowest BCUT2D eigenvalue weighted by atomic mass is 9.96. The van der Waals surface area contributed by atoms with Gasteiger partial charge in [0.05, 0.1) is 6.61 Å². The molecule has 0 aliphatic carbocycles. The third kappa shape index (κ3) is 1.84. The summed E-state index contributed by atoms with van der Waals surface area (Å²) in [7, 11) is 0. The topological polar surface area (TPSA) is 9.23 Å². The zero-order chi connectivity index (χ0) is 7.56. The summed E-state index contributed by atoms with van der Waals surface area (Å²) in [5, 5.41) is 0. The summed E-state index contributed by atoms with van der Waals surface area (Å²) in [5.41, 5.74) is 1.40. The Morgan fingerprint density at radius 3 is 2.50 bits per heavy atom. The number of allylic oxidation sites excluding steroid dienone is 1. The zero-order valence-corrected chi connectivity index (χ0v) is 7.05. The molecule has 1 heteroatoms. The van der Waals surface area contributed by atoms with Crippen molar-refractivity contribution in [2.24, 2.45) is 11.8 Å². The Kier molecular flexibility index (Phi) is 2.50. The second-order valence-electron chi connectivity index (χ2n) is 3.42. The highest BCUT2D eigenvalue weighted by atomic mass is 16.5. The molecule has 0 aromatic carbocycles. The number of hydrogen-bond donors (Lipinski definition) is 0. The van der Waals surface area contributed by atoms with Crippen molar-refractivity contribution in [1.82, 2.24) is 0 Å². The second-order valence-corrected chi connectivity index (χ2v) is 3.42. The lowest BCUT2D eigenvalue weighted by Gasteiger charge is -2.06. The van der Waals surface area contributed by atoms with E-state index in [2.05, 4.69) is 26.8 Å². The minimum Gasteiger partial charge on any atom is -0.381 e. The zero-order valence-electron chi connectivity index (χ0n) is 7.05. The normalized spacial score (nSPS) is 32.3. The van der Waals surface area contributed by atoms with Gasteiger partial charge in [0.2, 0.25) is 0 Å². The van der Waals surface area contributed by atoms with Crippen LogP contribution in [0.25, 0.3) is 0 Å². The highest BCUT2D eigenvalue weighted by Crippen LogP contribution is 2.21. The van der Waals surface area contributed by atoms with Crippen molar-refractivity contribution in [1.29, 1.82) is 0 Å². The molecule has 0 aromatic rings. The lowest BCUT2D eigenvalue weighted by molar-refractivity contribution is 0.185. The molecule has 0 saturated carbocycles. The Hall–Kier alpha value is -0.300. The fourth-order valence-corrected chi connectivity index (χ4v) is 1.32. The van der Waals surface area contributed by atoms with Crippen LogP contribution in [0, 0.1) is 11.8 Å². The summed E-state index contributed by atoms with van der Waals surface area (Å²) in [5.74, 6) is 1.39. The van der Waals surface area contributed by atoms with Crippen molar-refractivity contribution in [2.75, 3.05) is 13.2 Å². The molecule has 1 saturated heterocycles. The van der Waals surface area contributed by atoms with E-state index in [0.717, 1.165) is 19.1 Å². The molecule has 1 heterocycles. The first kappa shape index (κ1) is 7.80.